The van der Waals surface area contributed by atoms with Crippen molar-refractivity contribution >= 4 is 11.3 Å². The molecule has 6 heteroatoms. The van der Waals surface area contributed by atoms with Gasteiger partial charge in [0.05, 0.1) is 6.07 Å². The Balaban J connectivity index is 2.05. The fourth-order valence-corrected chi connectivity index (χ4v) is 1.60. The number of thiophene rings is 1. The minimum Gasteiger partial charge on any atom is -0.472 e. The SMILES string of the molecule is Fc1cc(OCc2cccs2)nc(F)n1. The van der Waals surface area contributed by atoms with Crippen LogP contribution in [0.1, 0.15) is 4.88 Å². The van der Waals surface area contributed by atoms with Crippen LogP contribution in [0.5, 0.6) is 5.88 Å². The molecule has 0 aliphatic heterocycles. The lowest BCUT2D eigenvalue weighted by Crippen LogP contribution is -2.00. The van der Waals surface area contributed by atoms with Gasteiger partial charge in [-0.2, -0.15) is 18.7 Å². The second-order valence-electron chi connectivity index (χ2n) is 2.67. The Labute approximate surface area is 88.4 Å². The number of ether oxygens (including phenoxy) is 1. The van der Waals surface area contributed by atoms with Crippen LogP contribution in [0.15, 0.2) is 23.6 Å². The monoisotopic (exact) mass is 228 g/mol. The minimum atomic E-state index is -1.13. The summed E-state index contributed by atoms with van der Waals surface area (Å²) in [5.41, 5.74) is 0. The fourth-order valence-electron chi connectivity index (χ4n) is 0.984. The lowest BCUT2D eigenvalue weighted by atomic mass is 10.5. The Hall–Kier alpha value is -1.56. The molecule has 2 rings (SSSR count). The van der Waals surface area contributed by atoms with E-state index in [0.29, 0.717) is 0 Å². The lowest BCUT2D eigenvalue weighted by molar-refractivity contribution is 0.286. The summed E-state index contributed by atoms with van der Waals surface area (Å²) in [7, 11) is 0. The van der Waals surface area contributed by atoms with Gasteiger partial charge in [-0.3, -0.25) is 0 Å². The van der Waals surface area contributed by atoms with Crippen LogP contribution >= 0.6 is 11.3 Å². The molecule has 0 amide bonds. The molecule has 0 saturated heterocycles. The van der Waals surface area contributed by atoms with Gasteiger partial charge in [-0.1, -0.05) is 6.07 Å². The van der Waals surface area contributed by atoms with Gasteiger partial charge in [0.2, 0.25) is 11.8 Å². The molecule has 0 unspecified atom stereocenters. The topological polar surface area (TPSA) is 35.0 Å². The highest BCUT2D eigenvalue weighted by atomic mass is 32.1. The summed E-state index contributed by atoms with van der Waals surface area (Å²) in [5, 5.41) is 1.89. The summed E-state index contributed by atoms with van der Waals surface area (Å²) >= 11 is 1.49. The van der Waals surface area contributed by atoms with Crippen molar-refractivity contribution in [3.63, 3.8) is 0 Å². The van der Waals surface area contributed by atoms with Gasteiger partial charge in [-0.25, -0.2) is 0 Å². The number of hydrogen-bond donors (Lipinski definition) is 0. The van der Waals surface area contributed by atoms with Crippen molar-refractivity contribution in [2.24, 2.45) is 0 Å². The second-order valence-corrected chi connectivity index (χ2v) is 3.70. The summed E-state index contributed by atoms with van der Waals surface area (Å²) in [5.74, 6) is -1.04. The van der Waals surface area contributed by atoms with Crippen molar-refractivity contribution in [1.82, 2.24) is 9.97 Å². The highest BCUT2D eigenvalue weighted by Gasteiger charge is 2.04. The first-order valence-electron chi connectivity index (χ1n) is 4.09. The maximum absolute atomic E-state index is 12.6. The van der Waals surface area contributed by atoms with Crippen molar-refractivity contribution < 1.29 is 13.5 Å². The first-order chi connectivity index (χ1) is 7.24. The molecule has 0 atom stereocenters. The highest BCUT2D eigenvalue weighted by Crippen LogP contribution is 2.13. The molecule has 15 heavy (non-hydrogen) atoms. The Morgan fingerprint density at radius 2 is 2.20 bits per heavy atom. The van der Waals surface area contributed by atoms with Crippen LogP contribution in [0.4, 0.5) is 8.78 Å². The quantitative estimate of drug-likeness (QED) is 0.597. The van der Waals surface area contributed by atoms with E-state index in [1.54, 1.807) is 0 Å². The van der Waals surface area contributed by atoms with E-state index in [1.165, 1.54) is 11.3 Å². The predicted octanol–water partition coefficient (Wildman–Crippen LogP) is 2.40. The summed E-state index contributed by atoms with van der Waals surface area (Å²) in [6.07, 6.45) is -1.13. The molecule has 2 aromatic heterocycles. The predicted molar refractivity (Wildman–Crippen MR) is 50.6 cm³/mol. The molecular formula is C9H6F2N2OS. The maximum atomic E-state index is 12.6. The fraction of sp³-hybridized carbons (Fsp3) is 0.111. The van der Waals surface area contributed by atoms with Crippen molar-refractivity contribution in [1.29, 1.82) is 0 Å². The molecule has 0 bridgehead atoms. The number of nitrogens with zero attached hydrogens (tertiary/aromatic N) is 2. The smallest absolute Gasteiger partial charge is 0.314 e. The molecule has 0 radical (unpaired) electrons. The summed E-state index contributed by atoms with van der Waals surface area (Å²) in [6, 6.07) is 4.67. The molecule has 0 spiro atoms. The van der Waals surface area contributed by atoms with Gasteiger partial charge in [0, 0.05) is 4.88 Å². The van der Waals surface area contributed by atoms with E-state index in [2.05, 4.69) is 9.97 Å². The van der Waals surface area contributed by atoms with E-state index in [9.17, 15) is 8.78 Å². The van der Waals surface area contributed by atoms with E-state index in [-0.39, 0.29) is 12.5 Å². The first-order valence-corrected chi connectivity index (χ1v) is 4.97. The Morgan fingerprint density at radius 1 is 1.33 bits per heavy atom. The van der Waals surface area contributed by atoms with Crippen molar-refractivity contribution in [2.45, 2.75) is 6.61 Å². The van der Waals surface area contributed by atoms with E-state index in [4.69, 9.17) is 4.74 Å². The summed E-state index contributed by atoms with van der Waals surface area (Å²) in [4.78, 5) is 7.11. The zero-order chi connectivity index (χ0) is 10.7. The lowest BCUT2D eigenvalue weighted by Gasteiger charge is -2.02. The Bertz CT molecular complexity index is 427. The zero-order valence-electron chi connectivity index (χ0n) is 7.48. The van der Waals surface area contributed by atoms with E-state index in [0.717, 1.165) is 10.9 Å². The van der Waals surface area contributed by atoms with Crippen molar-refractivity contribution in [3.8, 4) is 5.88 Å². The standard InChI is InChI=1S/C9H6F2N2OS/c10-7-4-8(13-9(11)12-7)14-5-6-2-1-3-15-6/h1-4H,5H2. The van der Waals surface area contributed by atoms with Crippen LogP contribution in [0, 0.1) is 12.0 Å². The van der Waals surface area contributed by atoms with Crippen molar-refractivity contribution in [3.05, 3.63) is 40.5 Å². The first kappa shape index (κ1) is 9.97. The van der Waals surface area contributed by atoms with E-state index < -0.39 is 12.0 Å². The van der Waals surface area contributed by atoms with Crippen LogP contribution in [0.2, 0.25) is 0 Å². The molecule has 3 nitrogen and oxygen atoms in total. The number of halogens is 2. The van der Waals surface area contributed by atoms with Crippen LogP contribution in [0.3, 0.4) is 0 Å². The van der Waals surface area contributed by atoms with Gasteiger partial charge in [-0.15, -0.1) is 11.3 Å². The Kier molecular flexibility index (Phi) is 2.86. The third kappa shape index (κ3) is 2.69. The molecule has 2 heterocycles. The molecule has 0 N–H and O–H groups in total. The minimum absolute atomic E-state index is 0.103. The highest BCUT2D eigenvalue weighted by molar-refractivity contribution is 7.09. The van der Waals surface area contributed by atoms with Gasteiger partial charge in [-0.05, 0) is 11.4 Å². The number of hydrogen-bond acceptors (Lipinski definition) is 4. The molecular weight excluding hydrogens is 222 g/mol. The van der Waals surface area contributed by atoms with Gasteiger partial charge < -0.3 is 4.74 Å². The average Bonchev–Trinajstić information content (AvgIpc) is 2.65. The second kappa shape index (κ2) is 4.31. The molecule has 78 valence electrons. The molecule has 0 saturated carbocycles. The summed E-state index contributed by atoms with van der Waals surface area (Å²) < 4.78 is 30.3. The normalized spacial score (nSPS) is 10.3. The molecule has 0 aliphatic carbocycles. The van der Waals surface area contributed by atoms with E-state index >= 15 is 0 Å². The zero-order valence-corrected chi connectivity index (χ0v) is 8.30. The van der Waals surface area contributed by atoms with Crippen LogP contribution < -0.4 is 4.74 Å². The average molecular weight is 228 g/mol. The molecule has 2 aromatic rings. The summed E-state index contributed by atoms with van der Waals surface area (Å²) in [6.45, 7) is 0.244. The van der Waals surface area contributed by atoms with Crippen LogP contribution in [-0.2, 0) is 6.61 Å². The molecule has 0 aliphatic rings. The van der Waals surface area contributed by atoms with Crippen LogP contribution in [0.25, 0.3) is 0 Å². The van der Waals surface area contributed by atoms with Crippen LogP contribution in [-0.4, -0.2) is 9.97 Å². The Morgan fingerprint density at radius 3 is 2.87 bits per heavy atom. The van der Waals surface area contributed by atoms with Crippen molar-refractivity contribution in [2.75, 3.05) is 0 Å². The third-order valence-corrected chi connectivity index (χ3v) is 2.44. The molecule has 0 fully saturated rings. The number of aromatic nitrogens is 2. The van der Waals surface area contributed by atoms with Gasteiger partial charge in [0.25, 0.3) is 0 Å². The van der Waals surface area contributed by atoms with Gasteiger partial charge in [0.15, 0.2) is 0 Å². The van der Waals surface area contributed by atoms with Gasteiger partial charge >= 0.3 is 6.08 Å². The third-order valence-electron chi connectivity index (χ3n) is 1.59. The maximum Gasteiger partial charge on any atom is 0.314 e. The number of rotatable bonds is 3. The van der Waals surface area contributed by atoms with Gasteiger partial charge in [0.1, 0.15) is 6.61 Å². The molecule has 0 aromatic carbocycles. The largest absolute Gasteiger partial charge is 0.472 e. The van der Waals surface area contributed by atoms with E-state index in [1.807, 2.05) is 17.5 Å².